The maximum absolute atomic E-state index is 12.8. The highest BCUT2D eigenvalue weighted by atomic mass is 35.5. The minimum absolute atomic E-state index is 0.0858. The quantitative estimate of drug-likeness (QED) is 0.699. The molecular formula is C19H15ClO6. The van der Waals surface area contributed by atoms with Crippen molar-refractivity contribution >= 4 is 28.5 Å². The monoisotopic (exact) mass is 374 g/mol. The molecule has 0 saturated carbocycles. The van der Waals surface area contributed by atoms with Crippen molar-refractivity contribution < 1.29 is 24.2 Å². The summed E-state index contributed by atoms with van der Waals surface area (Å²) in [6.07, 6.45) is 0.548. The van der Waals surface area contributed by atoms with E-state index >= 15 is 0 Å². The molecule has 0 radical (unpaired) electrons. The lowest BCUT2D eigenvalue weighted by atomic mass is 10.1. The van der Waals surface area contributed by atoms with Crippen molar-refractivity contribution in [3.63, 3.8) is 0 Å². The summed E-state index contributed by atoms with van der Waals surface area (Å²) >= 11 is 6.23. The number of phenols is 1. The number of hydrogen-bond acceptors (Lipinski definition) is 5. The van der Waals surface area contributed by atoms with Crippen molar-refractivity contribution in [1.82, 2.24) is 0 Å². The van der Waals surface area contributed by atoms with Gasteiger partial charge in [-0.3, -0.25) is 4.79 Å². The Bertz CT molecular complexity index is 1020. The summed E-state index contributed by atoms with van der Waals surface area (Å²) in [7, 11) is 0. The van der Waals surface area contributed by atoms with Crippen LogP contribution in [0.1, 0.15) is 13.3 Å². The van der Waals surface area contributed by atoms with E-state index in [9.17, 15) is 14.7 Å². The summed E-state index contributed by atoms with van der Waals surface area (Å²) in [5.74, 6) is -0.798. The van der Waals surface area contributed by atoms with Gasteiger partial charge in [-0.05, 0) is 30.2 Å². The van der Waals surface area contributed by atoms with Crippen LogP contribution in [-0.4, -0.2) is 22.3 Å². The third kappa shape index (κ3) is 3.36. The Hall–Kier alpha value is -2.99. The molecule has 0 aliphatic rings. The number of hydrogen-bond donors (Lipinski definition) is 2. The second-order valence-corrected chi connectivity index (χ2v) is 6.06. The number of aliphatic carboxylic acids is 1. The SMILES string of the molecule is CCC(Oc1cc(Cl)c2c(=O)c(-c3ccc(O)cc3)coc2c1)C(=O)O. The highest BCUT2D eigenvalue weighted by Crippen LogP contribution is 2.30. The van der Waals surface area contributed by atoms with Gasteiger partial charge < -0.3 is 19.4 Å². The van der Waals surface area contributed by atoms with E-state index in [4.69, 9.17) is 25.9 Å². The first-order valence-corrected chi connectivity index (χ1v) is 8.22. The molecule has 3 rings (SSSR count). The maximum atomic E-state index is 12.8. The van der Waals surface area contributed by atoms with Crippen molar-refractivity contribution in [2.45, 2.75) is 19.4 Å². The Balaban J connectivity index is 2.08. The maximum Gasteiger partial charge on any atom is 0.344 e. The summed E-state index contributed by atoms with van der Waals surface area (Å²) in [5.41, 5.74) is 0.732. The number of benzene rings is 2. The molecule has 2 N–H and O–H groups in total. The van der Waals surface area contributed by atoms with Gasteiger partial charge in [0.2, 0.25) is 5.43 Å². The summed E-state index contributed by atoms with van der Waals surface area (Å²) in [6.45, 7) is 1.69. The number of carbonyl (C=O) groups is 1. The fourth-order valence-corrected chi connectivity index (χ4v) is 2.85. The molecule has 0 bridgehead atoms. The average Bonchev–Trinajstić information content (AvgIpc) is 2.60. The zero-order valence-corrected chi connectivity index (χ0v) is 14.5. The Morgan fingerprint density at radius 3 is 2.58 bits per heavy atom. The third-order valence-corrected chi connectivity index (χ3v) is 4.20. The molecule has 0 aliphatic carbocycles. The van der Waals surface area contributed by atoms with Gasteiger partial charge >= 0.3 is 5.97 Å². The van der Waals surface area contributed by atoms with Gasteiger partial charge in [-0.1, -0.05) is 30.7 Å². The van der Waals surface area contributed by atoms with Crippen LogP contribution in [0.15, 0.2) is 51.9 Å². The number of phenolic OH excluding ortho intramolecular Hbond substituents is 1. The molecule has 1 atom stereocenters. The van der Waals surface area contributed by atoms with Gasteiger partial charge in [0.05, 0.1) is 16.0 Å². The van der Waals surface area contributed by atoms with Crippen LogP contribution in [0.3, 0.4) is 0 Å². The molecule has 0 fully saturated rings. The first kappa shape index (κ1) is 17.8. The Morgan fingerprint density at radius 1 is 1.27 bits per heavy atom. The van der Waals surface area contributed by atoms with Crippen LogP contribution < -0.4 is 10.2 Å². The summed E-state index contributed by atoms with van der Waals surface area (Å²) < 4.78 is 10.9. The standard InChI is InChI=1S/C19H15ClO6/c1-2-15(19(23)24)26-12-7-14(20)17-16(8-12)25-9-13(18(17)22)10-3-5-11(21)6-4-10/h3-9,15,21H,2H2,1H3,(H,23,24). The molecule has 7 heteroatoms. The van der Waals surface area contributed by atoms with Crippen LogP contribution in [0.5, 0.6) is 11.5 Å². The van der Waals surface area contributed by atoms with Crippen LogP contribution in [0.2, 0.25) is 5.02 Å². The zero-order chi connectivity index (χ0) is 18.8. The van der Waals surface area contributed by atoms with E-state index in [1.807, 2.05) is 0 Å². The smallest absolute Gasteiger partial charge is 0.344 e. The molecule has 3 aromatic rings. The molecule has 6 nitrogen and oxygen atoms in total. The van der Waals surface area contributed by atoms with Gasteiger partial charge in [-0.15, -0.1) is 0 Å². The van der Waals surface area contributed by atoms with E-state index < -0.39 is 12.1 Å². The largest absolute Gasteiger partial charge is 0.508 e. The first-order valence-electron chi connectivity index (χ1n) is 7.84. The lowest BCUT2D eigenvalue weighted by Gasteiger charge is -2.14. The fraction of sp³-hybridized carbons (Fsp3) is 0.158. The zero-order valence-electron chi connectivity index (χ0n) is 13.7. The highest BCUT2D eigenvalue weighted by Gasteiger charge is 2.19. The van der Waals surface area contributed by atoms with Crippen LogP contribution in [0.25, 0.3) is 22.1 Å². The van der Waals surface area contributed by atoms with Crippen LogP contribution in [-0.2, 0) is 4.79 Å². The second kappa shape index (κ2) is 7.09. The van der Waals surface area contributed by atoms with E-state index in [1.165, 1.54) is 30.5 Å². The third-order valence-electron chi connectivity index (χ3n) is 3.91. The molecule has 1 aromatic heterocycles. The van der Waals surface area contributed by atoms with E-state index in [-0.39, 0.29) is 39.3 Å². The average molecular weight is 375 g/mol. The molecule has 26 heavy (non-hydrogen) atoms. The Morgan fingerprint density at radius 2 is 1.96 bits per heavy atom. The van der Waals surface area contributed by atoms with E-state index in [0.29, 0.717) is 11.1 Å². The molecule has 0 saturated heterocycles. The van der Waals surface area contributed by atoms with Gasteiger partial charge in [0.15, 0.2) is 6.10 Å². The Labute approximate surface area is 153 Å². The summed E-state index contributed by atoms with van der Waals surface area (Å²) in [6, 6.07) is 8.96. The predicted molar refractivity (Wildman–Crippen MR) is 96.9 cm³/mol. The molecule has 0 spiro atoms. The van der Waals surface area contributed by atoms with Crippen LogP contribution in [0.4, 0.5) is 0 Å². The normalized spacial score (nSPS) is 12.1. The van der Waals surface area contributed by atoms with E-state index in [0.717, 1.165) is 0 Å². The molecule has 134 valence electrons. The molecule has 2 aromatic carbocycles. The van der Waals surface area contributed by atoms with Crippen molar-refractivity contribution in [2.24, 2.45) is 0 Å². The molecule has 1 unspecified atom stereocenters. The molecule has 0 aliphatic heterocycles. The number of rotatable bonds is 5. The first-order chi connectivity index (χ1) is 12.4. The molecular weight excluding hydrogens is 360 g/mol. The number of ether oxygens (including phenoxy) is 1. The van der Waals surface area contributed by atoms with Crippen LogP contribution in [0, 0.1) is 0 Å². The van der Waals surface area contributed by atoms with Crippen molar-refractivity contribution in [3.05, 3.63) is 57.9 Å². The number of fused-ring (bicyclic) bond motifs is 1. The van der Waals surface area contributed by atoms with Crippen LogP contribution >= 0.6 is 11.6 Å². The van der Waals surface area contributed by atoms with Gasteiger partial charge in [0.25, 0.3) is 0 Å². The minimum Gasteiger partial charge on any atom is -0.508 e. The summed E-state index contributed by atoms with van der Waals surface area (Å²) in [5, 5.41) is 18.7. The van der Waals surface area contributed by atoms with Gasteiger partial charge in [-0.2, -0.15) is 0 Å². The molecule has 1 heterocycles. The van der Waals surface area contributed by atoms with Crippen molar-refractivity contribution in [2.75, 3.05) is 0 Å². The van der Waals surface area contributed by atoms with E-state index in [2.05, 4.69) is 0 Å². The van der Waals surface area contributed by atoms with Gasteiger partial charge in [0, 0.05) is 6.07 Å². The Kier molecular flexibility index (Phi) is 4.86. The van der Waals surface area contributed by atoms with Gasteiger partial charge in [0.1, 0.15) is 23.3 Å². The number of aromatic hydroxyl groups is 1. The van der Waals surface area contributed by atoms with Crippen molar-refractivity contribution in [1.29, 1.82) is 0 Å². The fourth-order valence-electron chi connectivity index (χ4n) is 2.56. The molecule has 0 amide bonds. The van der Waals surface area contributed by atoms with Gasteiger partial charge in [-0.25, -0.2) is 4.79 Å². The van der Waals surface area contributed by atoms with Crippen molar-refractivity contribution in [3.8, 4) is 22.6 Å². The predicted octanol–water partition coefficient (Wildman–Crippen LogP) is 4.06. The lowest BCUT2D eigenvalue weighted by Crippen LogP contribution is -2.25. The number of carboxylic acid groups (broad SMARTS) is 1. The second-order valence-electron chi connectivity index (χ2n) is 5.66. The number of carboxylic acids is 1. The topological polar surface area (TPSA) is 97.0 Å². The number of halogens is 1. The van der Waals surface area contributed by atoms with E-state index in [1.54, 1.807) is 19.1 Å². The summed E-state index contributed by atoms with van der Waals surface area (Å²) in [4.78, 5) is 23.9. The minimum atomic E-state index is -1.09. The highest BCUT2D eigenvalue weighted by molar-refractivity contribution is 6.35. The lowest BCUT2D eigenvalue weighted by molar-refractivity contribution is -0.145.